The van der Waals surface area contributed by atoms with Crippen LogP contribution in [0.2, 0.25) is 0 Å². The number of nitrogens with one attached hydrogen (secondary N) is 1. The fourth-order valence-corrected chi connectivity index (χ4v) is 3.45. The molecule has 0 bridgehead atoms. The van der Waals surface area contributed by atoms with Crippen molar-refractivity contribution in [3.05, 3.63) is 18.2 Å². The zero-order valence-corrected chi connectivity index (χ0v) is 19.3. The maximum atomic E-state index is 13.3. The van der Waals surface area contributed by atoms with Crippen LogP contribution < -0.4 is 26.6 Å². The number of para-hydroxylation sites is 1. The summed E-state index contributed by atoms with van der Waals surface area (Å²) in [5, 5.41) is 11.0. The van der Waals surface area contributed by atoms with Crippen LogP contribution in [0.4, 0.5) is 11.4 Å². The van der Waals surface area contributed by atoms with Gasteiger partial charge in [0.1, 0.15) is 17.8 Å². The molecule has 1 saturated heterocycles. The Bertz CT molecular complexity index is 669. The Kier molecular flexibility index (Phi) is 12.5. The number of nitrogens with zero attached hydrogens (tertiary/aromatic N) is 2. The maximum Gasteiger partial charge on any atom is 0.247 e. The molecule has 9 heteroatoms. The highest BCUT2D eigenvalue weighted by molar-refractivity contribution is 5.92. The molecule has 30 heavy (non-hydrogen) atoms. The number of aliphatic hydroxyl groups is 1. The van der Waals surface area contributed by atoms with Crippen molar-refractivity contribution in [1.29, 1.82) is 0 Å². The molecule has 2 unspecified atom stereocenters. The predicted octanol–water partition coefficient (Wildman–Crippen LogP) is 1.35. The molecule has 0 spiro atoms. The number of rotatable bonds is 6. The molecule has 1 aliphatic heterocycles. The van der Waals surface area contributed by atoms with Gasteiger partial charge in [-0.05, 0) is 30.9 Å². The molecule has 2 atom stereocenters. The summed E-state index contributed by atoms with van der Waals surface area (Å²) in [6.07, 6.45) is 1.45. The minimum absolute atomic E-state index is 0.0796. The van der Waals surface area contributed by atoms with E-state index in [0.717, 1.165) is 13.5 Å². The van der Waals surface area contributed by atoms with Gasteiger partial charge in [-0.3, -0.25) is 14.6 Å². The quantitative estimate of drug-likeness (QED) is 0.307. The molecule has 1 fully saturated rings. The first-order valence-electron chi connectivity index (χ1n) is 10.3. The lowest BCUT2D eigenvalue weighted by Gasteiger charge is -2.36. The number of hydrazine groups is 1. The van der Waals surface area contributed by atoms with Crippen molar-refractivity contribution in [3.8, 4) is 5.75 Å². The van der Waals surface area contributed by atoms with Gasteiger partial charge >= 0.3 is 0 Å². The molecular weight excluding hydrogens is 386 g/mol. The van der Waals surface area contributed by atoms with E-state index >= 15 is 0 Å². The summed E-state index contributed by atoms with van der Waals surface area (Å²) >= 11 is 0. The van der Waals surface area contributed by atoms with Crippen LogP contribution in [0.5, 0.6) is 5.75 Å². The number of anilines is 2. The Balaban J connectivity index is 0.00000198. The predicted molar refractivity (Wildman–Crippen MR) is 121 cm³/mol. The molecule has 1 aromatic rings. The van der Waals surface area contributed by atoms with Crippen LogP contribution >= 0.6 is 0 Å². The molecule has 1 aliphatic rings. The van der Waals surface area contributed by atoms with Crippen LogP contribution in [0, 0.1) is 5.92 Å². The summed E-state index contributed by atoms with van der Waals surface area (Å²) in [7, 11) is 4.11. The van der Waals surface area contributed by atoms with Crippen molar-refractivity contribution in [2.45, 2.75) is 52.6 Å². The number of likely N-dealkylation sites (tertiary alicyclic amines) is 1. The Labute approximate surface area is 180 Å². The number of benzene rings is 1. The number of carbonyl (C=O) groups excluding carboxylic acids is 2. The number of aliphatic hydroxyl groups excluding tert-OH is 1. The third-order valence-corrected chi connectivity index (χ3v) is 4.81. The van der Waals surface area contributed by atoms with Crippen molar-refractivity contribution >= 4 is 23.2 Å². The molecule has 0 aliphatic carbocycles. The van der Waals surface area contributed by atoms with Gasteiger partial charge < -0.3 is 25.8 Å². The van der Waals surface area contributed by atoms with Crippen molar-refractivity contribution < 1.29 is 19.4 Å². The zero-order valence-electron chi connectivity index (χ0n) is 19.3. The van der Waals surface area contributed by atoms with Crippen LogP contribution in [0.15, 0.2) is 18.2 Å². The molecule has 172 valence electrons. The molecule has 1 aromatic carbocycles. The lowest BCUT2D eigenvalue weighted by atomic mass is 10.0. The zero-order chi connectivity index (χ0) is 23.4. The second-order valence-electron chi connectivity index (χ2n) is 6.79. The van der Waals surface area contributed by atoms with E-state index in [1.807, 2.05) is 27.7 Å². The van der Waals surface area contributed by atoms with Gasteiger partial charge in [-0.2, -0.15) is 0 Å². The fourth-order valence-electron chi connectivity index (χ4n) is 3.45. The van der Waals surface area contributed by atoms with E-state index in [9.17, 15) is 9.59 Å². The molecule has 2 amide bonds. The lowest BCUT2D eigenvalue weighted by molar-refractivity contribution is -0.140. The highest BCUT2D eigenvalue weighted by Crippen LogP contribution is 2.33. The number of methoxy groups -OCH3 is 1. The second-order valence-corrected chi connectivity index (χ2v) is 6.79. The Hall–Kier alpha value is -2.52. The number of hydrogen-bond acceptors (Lipinski definition) is 7. The van der Waals surface area contributed by atoms with E-state index in [4.69, 9.17) is 21.4 Å². The van der Waals surface area contributed by atoms with Crippen LogP contribution in [-0.4, -0.2) is 61.7 Å². The average molecular weight is 426 g/mol. The monoisotopic (exact) mass is 425 g/mol. The van der Waals surface area contributed by atoms with E-state index in [1.165, 1.54) is 12.1 Å². The van der Waals surface area contributed by atoms with Crippen molar-refractivity contribution in [1.82, 2.24) is 10.2 Å². The van der Waals surface area contributed by atoms with Gasteiger partial charge in [0.2, 0.25) is 11.8 Å². The number of nitrogen functional groups attached to an aromatic ring is 1. The summed E-state index contributed by atoms with van der Waals surface area (Å²) in [5.41, 5.74) is 7.04. The molecule has 6 N–H and O–H groups in total. The summed E-state index contributed by atoms with van der Waals surface area (Å²) < 4.78 is 5.24. The molecule has 0 aromatic heterocycles. The van der Waals surface area contributed by atoms with Crippen molar-refractivity contribution in [2.75, 3.05) is 38.6 Å². The Morgan fingerprint density at radius 2 is 1.90 bits per heavy atom. The van der Waals surface area contributed by atoms with E-state index in [1.54, 1.807) is 30.1 Å². The minimum atomic E-state index is -0.644. The number of likely N-dealkylation sites (N-methyl/N-ethyl adjacent to an activating group) is 1. The largest absolute Gasteiger partial charge is 0.495 e. The summed E-state index contributed by atoms with van der Waals surface area (Å²) in [6, 6.07) is 4.16. The standard InChI is InChI=1S/C18H29N5O3.C2H6.CH4O/c1-11(2)16(18(25)22-10-6-8-13(22)17(24)21-3)23(20)12-7-5-9-14(26-4)15(12)19;2*1-2/h5,7,9,11,13,16H,6,8,10,19-20H2,1-4H3,(H,21,24);1-2H3;2H,1H3. The lowest BCUT2D eigenvalue weighted by Crippen LogP contribution is -2.57. The number of carbonyl (C=O) groups is 2. The van der Waals surface area contributed by atoms with Crippen LogP contribution in [0.3, 0.4) is 0 Å². The van der Waals surface area contributed by atoms with Gasteiger partial charge in [0, 0.05) is 20.7 Å². The molecule has 9 nitrogen and oxygen atoms in total. The van der Waals surface area contributed by atoms with Crippen molar-refractivity contribution in [2.24, 2.45) is 11.8 Å². The van der Waals surface area contributed by atoms with E-state index in [0.29, 0.717) is 30.1 Å². The van der Waals surface area contributed by atoms with Gasteiger partial charge in [-0.15, -0.1) is 0 Å². The van der Waals surface area contributed by atoms with Crippen LogP contribution in [-0.2, 0) is 9.59 Å². The molecule has 2 rings (SSSR count). The maximum absolute atomic E-state index is 13.3. The summed E-state index contributed by atoms with van der Waals surface area (Å²) in [6.45, 7) is 8.38. The van der Waals surface area contributed by atoms with Gasteiger partial charge in [-0.25, -0.2) is 5.84 Å². The smallest absolute Gasteiger partial charge is 0.247 e. The van der Waals surface area contributed by atoms with E-state index in [-0.39, 0.29) is 17.7 Å². The van der Waals surface area contributed by atoms with Gasteiger partial charge in [0.15, 0.2) is 0 Å². The average Bonchev–Trinajstić information content (AvgIpc) is 3.26. The van der Waals surface area contributed by atoms with Gasteiger partial charge in [-0.1, -0.05) is 33.8 Å². The SMILES string of the molecule is CC.CNC(=O)C1CCCN1C(=O)C(C(C)C)N(N)c1cccc(OC)c1N.CO. The van der Waals surface area contributed by atoms with E-state index < -0.39 is 12.1 Å². The Morgan fingerprint density at radius 1 is 1.30 bits per heavy atom. The molecule has 0 saturated carbocycles. The van der Waals surface area contributed by atoms with Crippen LogP contribution in [0.1, 0.15) is 40.5 Å². The number of nitrogens with two attached hydrogens (primary N) is 2. The fraction of sp³-hybridized carbons (Fsp3) is 0.619. The summed E-state index contributed by atoms with van der Waals surface area (Å²) in [5.74, 6) is 6.43. The molecular formula is C21H39N5O4. The normalized spacial score (nSPS) is 15.9. The van der Waals surface area contributed by atoms with Gasteiger partial charge in [0.05, 0.1) is 18.5 Å². The highest BCUT2D eigenvalue weighted by Gasteiger charge is 2.40. The first kappa shape index (κ1) is 27.5. The third-order valence-electron chi connectivity index (χ3n) is 4.81. The van der Waals surface area contributed by atoms with E-state index in [2.05, 4.69) is 5.32 Å². The number of hydrogen-bond donors (Lipinski definition) is 4. The number of amides is 2. The third kappa shape index (κ3) is 6.24. The highest BCUT2D eigenvalue weighted by atomic mass is 16.5. The second kappa shape index (κ2) is 13.7. The number of ether oxygens (including phenoxy) is 1. The topological polar surface area (TPSA) is 134 Å². The molecule has 1 heterocycles. The Morgan fingerprint density at radius 3 is 2.40 bits per heavy atom. The molecule has 0 radical (unpaired) electrons. The van der Waals surface area contributed by atoms with Crippen LogP contribution in [0.25, 0.3) is 0 Å². The van der Waals surface area contributed by atoms with Crippen molar-refractivity contribution in [3.63, 3.8) is 0 Å². The first-order valence-corrected chi connectivity index (χ1v) is 10.3. The van der Waals surface area contributed by atoms with Gasteiger partial charge in [0.25, 0.3) is 0 Å². The summed E-state index contributed by atoms with van der Waals surface area (Å²) in [4.78, 5) is 27.0. The minimum Gasteiger partial charge on any atom is -0.495 e. The first-order chi connectivity index (χ1) is 14.3.